The Balaban J connectivity index is 2.33. The molecular formula is C9H11N3O2. The van der Waals surface area contributed by atoms with E-state index in [1.165, 1.54) is 0 Å². The number of aliphatic hydroxyl groups excluding tert-OH is 2. The molecule has 0 saturated carbocycles. The molecule has 5 heteroatoms. The quantitative estimate of drug-likeness (QED) is 0.707. The molecule has 0 aliphatic rings. The minimum atomic E-state index is -0.772. The summed E-state index contributed by atoms with van der Waals surface area (Å²) in [4.78, 5) is 3.96. The van der Waals surface area contributed by atoms with E-state index < -0.39 is 6.10 Å². The van der Waals surface area contributed by atoms with Gasteiger partial charge in [0.2, 0.25) is 0 Å². The lowest BCUT2D eigenvalue weighted by Crippen LogP contribution is -2.20. The van der Waals surface area contributed by atoms with Crippen molar-refractivity contribution in [2.24, 2.45) is 0 Å². The molecule has 0 amide bonds. The van der Waals surface area contributed by atoms with Gasteiger partial charge in [-0.1, -0.05) is 0 Å². The summed E-state index contributed by atoms with van der Waals surface area (Å²) in [7, 11) is 0. The van der Waals surface area contributed by atoms with E-state index in [9.17, 15) is 5.11 Å². The Morgan fingerprint density at radius 3 is 3.07 bits per heavy atom. The zero-order valence-corrected chi connectivity index (χ0v) is 7.54. The number of aliphatic hydroxyl groups is 2. The topological polar surface area (TPSA) is 71.2 Å². The number of hydrogen-bond acceptors (Lipinski definition) is 4. The Morgan fingerprint density at radius 1 is 1.43 bits per heavy atom. The molecule has 1 atom stereocenters. The van der Waals surface area contributed by atoms with Crippen LogP contribution in [0.25, 0.3) is 10.9 Å². The average Bonchev–Trinajstić information content (AvgIpc) is 2.62. The van der Waals surface area contributed by atoms with Crippen molar-refractivity contribution in [1.29, 1.82) is 0 Å². The van der Waals surface area contributed by atoms with Crippen LogP contribution < -0.4 is 0 Å². The van der Waals surface area contributed by atoms with Gasteiger partial charge in [-0.3, -0.25) is 9.67 Å². The Hall–Kier alpha value is -1.46. The molecule has 1 unspecified atom stereocenters. The van der Waals surface area contributed by atoms with Gasteiger partial charge in [-0.05, 0) is 6.07 Å². The molecular weight excluding hydrogens is 182 g/mol. The highest BCUT2D eigenvalue weighted by atomic mass is 16.3. The van der Waals surface area contributed by atoms with Gasteiger partial charge >= 0.3 is 0 Å². The van der Waals surface area contributed by atoms with Crippen LogP contribution in [0.3, 0.4) is 0 Å². The highest BCUT2D eigenvalue weighted by Gasteiger charge is 2.06. The lowest BCUT2D eigenvalue weighted by Gasteiger charge is -2.07. The van der Waals surface area contributed by atoms with Crippen molar-refractivity contribution >= 4 is 10.9 Å². The first-order chi connectivity index (χ1) is 6.81. The molecule has 0 spiro atoms. The molecule has 2 heterocycles. The maximum absolute atomic E-state index is 9.26. The van der Waals surface area contributed by atoms with Gasteiger partial charge < -0.3 is 10.2 Å². The fourth-order valence-corrected chi connectivity index (χ4v) is 1.33. The number of fused-ring (bicyclic) bond motifs is 1. The van der Waals surface area contributed by atoms with Crippen LogP contribution in [-0.4, -0.2) is 37.7 Å². The second-order valence-corrected chi connectivity index (χ2v) is 3.10. The molecule has 74 valence electrons. The van der Waals surface area contributed by atoms with E-state index in [2.05, 4.69) is 10.1 Å². The van der Waals surface area contributed by atoms with Gasteiger partial charge in [0.1, 0.15) is 0 Å². The molecule has 2 N–H and O–H groups in total. The molecule has 2 aromatic rings. The second kappa shape index (κ2) is 3.73. The van der Waals surface area contributed by atoms with Crippen LogP contribution in [-0.2, 0) is 6.54 Å². The third-order valence-corrected chi connectivity index (χ3v) is 2.04. The van der Waals surface area contributed by atoms with E-state index in [1.807, 2.05) is 6.07 Å². The zero-order valence-electron chi connectivity index (χ0n) is 7.54. The molecule has 2 aromatic heterocycles. The van der Waals surface area contributed by atoms with Crippen molar-refractivity contribution in [3.05, 3.63) is 24.7 Å². The first-order valence-corrected chi connectivity index (χ1v) is 4.35. The summed E-state index contributed by atoms with van der Waals surface area (Å²) in [6.07, 6.45) is 4.30. The van der Waals surface area contributed by atoms with Crippen LogP contribution in [0.5, 0.6) is 0 Å². The van der Waals surface area contributed by atoms with Gasteiger partial charge in [-0.25, -0.2) is 0 Å². The molecule has 0 fully saturated rings. The van der Waals surface area contributed by atoms with Crippen LogP contribution >= 0.6 is 0 Å². The predicted molar refractivity (Wildman–Crippen MR) is 50.6 cm³/mol. The van der Waals surface area contributed by atoms with E-state index >= 15 is 0 Å². The molecule has 0 bridgehead atoms. The van der Waals surface area contributed by atoms with Crippen LogP contribution in [0.2, 0.25) is 0 Å². The highest BCUT2D eigenvalue weighted by molar-refractivity contribution is 5.77. The minimum absolute atomic E-state index is 0.258. The van der Waals surface area contributed by atoms with Gasteiger partial charge in [0.25, 0.3) is 0 Å². The molecule has 0 aromatic carbocycles. The van der Waals surface area contributed by atoms with Gasteiger partial charge in [0.05, 0.1) is 31.0 Å². The third-order valence-electron chi connectivity index (χ3n) is 2.04. The minimum Gasteiger partial charge on any atom is -0.394 e. The van der Waals surface area contributed by atoms with Crippen molar-refractivity contribution in [1.82, 2.24) is 14.8 Å². The molecule has 0 aliphatic heterocycles. The number of pyridine rings is 1. The first kappa shape index (κ1) is 9.11. The van der Waals surface area contributed by atoms with Crippen molar-refractivity contribution in [3.8, 4) is 0 Å². The van der Waals surface area contributed by atoms with Crippen LogP contribution in [0, 0.1) is 0 Å². The molecule has 14 heavy (non-hydrogen) atoms. The Labute approximate surface area is 80.6 Å². The van der Waals surface area contributed by atoms with Gasteiger partial charge in [0.15, 0.2) is 0 Å². The maximum atomic E-state index is 9.26. The van der Waals surface area contributed by atoms with Crippen LogP contribution in [0.15, 0.2) is 24.7 Å². The van der Waals surface area contributed by atoms with E-state index in [-0.39, 0.29) is 6.61 Å². The monoisotopic (exact) mass is 193 g/mol. The first-order valence-electron chi connectivity index (χ1n) is 4.35. The van der Waals surface area contributed by atoms with Crippen molar-refractivity contribution < 1.29 is 10.2 Å². The van der Waals surface area contributed by atoms with Crippen molar-refractivity contribution in [2.45, 2.75) is 12.6 Å². The molecule has 2 rings (SSSR count). The maximum Gasteiger partial charge on any atom is 0.0966 e. The smallest absolute Gasteiger partial charge is 0.0966 e. The summed E-state index contributed by atoms with van der Waals surface area (Å²) < 4.78 is 1.65. The molecule has 0 radical (unpaired) electrons. The number of nitrogens with zero attached hydrogens (tertiary/aromatic N) is 3. The summed E-state index contributed by atoms with van der Waals surface area (Å²) in [5.74, 6) is 0. The van der Waals surface area contributed by atoms with Gasteiger partial charge in [-0.15, -0.1) is 0 Å². The van der Waals surface area contributed by atoms with E-state index in [0.717, 1.165) is 10.9 Å². The fraction of sp³-hybridized carbons (Fsp3) is 0.333. The SMILES string of the molecule is OCC(O)Cn1ncc2cnccc21. The predicted octanol–water partition coefficient (Wildman–Crippen LogP) is -0.216. The van der Waals surface area contributed by atoms with Crippen LogP contribution in [0.4, 0.5) is 0 Å². The van der Waals surface area contributed by atoms with E-state index in [1.54, 1.807) is 23.3 Å². The Kier molecular flexibility index (Phi) is 2.43. The fourth-order valence-electron chi connectivity index (χ4n) is 1.33. The third kappa shape index (κ3) is 1.59. The van der Waals surface area contributed by atoms with E-state index in [4.69, 9.17) is 5.11 Å². The number of hydrogen-bond donors (Lipinski definition) is 2. The second-order valence-electron chi connectivity index (χ2n) is 3.10. The number of aromatic nitrogens is 3. The van der Waals surface area contributed by atoms with Crippen molar-refractivity contribution in [2.75, 3.05) is 6.61 Å². The summed E-state index contributed by atoms with van der Waals surface area (Å²) in [5.41, 5.74) is 0.910. The molecule has 5 nitrogen and oxygen atoms in total. The molecule has 0 aliphatic carbocycles. The molecule has 0 saturated heterocycles. The van der Waals surface area contributed by atoms with Gasteiger partial charge in [-0.2, -0.15) is 5.10 Å². The standard InChI is InChI=1S/C9H11N3O2/c13-6-8(14)5-12-9-1-2-10-3-7(9)4-11-12/h1-4,8,13-14H,5-6H2. The Bertz CT molecular complexity index is 427. The summed E-state index contributed by atoms with van der Waals surface area (Å²) in [6, 6.07) is 1.83. The number of rotatable bonds is 3. The lowest BCUT2D eigenvalue weighted by molar-refractivity contribution is 0.0793. The summed E-state index contributed by atoms with van der Waals surface area (Å²) in [5, 5.41) is 23.0. The lowest BCUT2D eigenvalue weighted by atomic mass is 10.3. The average molecular weight is 193 g/mol. The summed E-state index contributed by atoms with van der Waals surface area (Å²) >= 11 is 0. The normalized spacial score (nSPS) is 13.3. The van der Waals surface area contributed by atoms with E-state index in [0.29, 0.717) is 6.54 Å². The van der Waals surface area contributed by atoms with Crippen molar-refractivity contribution in [3.63, 3.8) is 0 Å². The highest BCUT2D eigenvalue weighted by Crippen LogP contribution is 2.11. The van der Waals surface area contributed by atoms with Crippen LogP contribution in [0.1, 0.15) is 0 Å². The summed E-state index contributed by atoms with van der Waals surface area (Å²) in [6.45, 7) is 0.0381. The Morgan fingerprint density at radius 2 is 2.29 bits per heavy atom. The van der Waals surface area contributed by atoms with Gasteiger partial charge in [0, 0.05) is 17.8 Å². The zero-order chi connectivity index (χ0) is 9.97. The largest absolute Gasteiger partial charge is 0.394 e.